The summed E-state index contributed by atoms with van der Waals surface area (Å²) in [5.74, 6) is 0.877. The van der Waals surface area contributed by atoms with Gasteiger partial charge in [-0.05, 0) is 30.7 Å². The van der Waals surface area contributed by atoms with Crippen molar-refractivity contribution < 1.29 is 0 Å². The van der Waals surface area contributed by atoms with Crippen molar-refractivity contribution in [1.82, 2.24) is 14.6 Å². The number of fused-ring (bicyclic) bond motifs is 1. The van der Waals surface area contributed by atoms with E-state index in [0.29, 0.717) is 6.54 Å². The Kier molecular flexibility index (Phi) is 3.12. The van der Waals surface area contributed by atoms with Gasteiger partial charge in [-0.25, -0.2) is 9.50 Å². The maximum atomic E-state index is 5.70. The van der Waals surface area contributed by atoms with E-state index in [-0.39, 0.29) is 0 Å². The lowest BCUT2D eigenvalue weighted by molar-refractivity contribution is 0.917. The molecule has 0 amide bonds. The first-order valence-electron chi connectivity index (χ1n) is 6.53. The minimum atomic E-state index is 0.533. The molecule has 3 aromatic rings. The van der Waals surface area contributed by atoms with Crippen molar-refractivity contribution in [2.24, 2.45) is 5.73 Å². The highest BCUT2D eigenvalue weighted by molar-refractivity contribution is 5.75. The highest BCUT2D eigenvalue weighted by Gasteiger charge is 2.11. The van der Waals surface area contributed by atoms with E-state index in [9.17, 15) is 0 Å². The third-order valence-electron chi connectivity index (χ3n) is 3.34. The third kappa shape index (κ3) is 2.12. The molecule has 102 valence electrons. The summed E-state index contributed by atoms with van der Waals surface area (Å²) in [6.07, 6.45) is 3.62. The molecular formula is C15H17N5. The van der Waals surface area contributed by atoms with Gasteiger partial charge in [-0.15, -0.1) is 0 Å². The Balaban J connectivity index is 2.09. The van der Waals surface area contributed by atoms with Gasteiger partial charge in [0, 0.05) is 31.7 Å². The molecule has 1 aromatic carbocycles. The lowest BCUT2D eigenvalue weighted by atomic mass is 10.2. The Bertz CT molecular complexity index is 747. The second-order valence-corrected chi connectivity index (χ2v) is 4.80. The van der Waals surface area contributed by atoms with Crippen molar-refractivity contribution in [2.45, 2.75) is 13.5 Å². The zero-order valence-corrected chi connectivity index (χ0v) is 11.6. The van der Waals surface area contributed by atoms with Crippen LogP contribution in [0.1, 0.15) is 11.3 Å². The topological polar surface area (TPSA) is 59.5 Å². The van der Waals surface area contributed by atoms with Crippen molar-refractivity contribution in [3.05, 3.63) is 54.0 Å². The molecule has 2 heterocycles. The lowest BCUT2D eigenvalue weighted by Gasteiger charge is -2.19. The van der Waals surface area contributed by atoms with E-state index < -0.39 is 0 Å². The number of nitrogens with two attached hydrogens (primary N) is 1. The normalized spacial score (nSPS) is 10.9. The van der Waals surface area contributed by atoms with Gasteiger partial charge in [-0.1, -0.05) is 12.1 Å². The lowest BCUT2D eigenvalue weighted by Crippen LogP contribution is -2.13. The molecule has 5 heteroatoms. The fourth-order valence-corrected chi connectivity index (χ4v) is 2.30. The molecule has 0 aliphatic heterocycles. The van der Waals surface area contributed by atoms with E-state index in [4.69, 9.17) is 5.73 Å². The molecule has 0 aliphatic rings. The Morgan fingerprint density at radius 3 is 2.95 bits per heavy atom. The molecule has 0 radical (unpaired) electrons. The summed E-state index contributed by atoms with van der Waals surface area (Å²) >= 11 is 0. The SMILES string of the molecule is Cc1cc2c(N(C)c3cccc(CN)c3)nccn2n1. The Morgan fingerprint density at radius 2 is 2.15 bits per heavy atom. The van der Waals surface area contributed by atoms with Gasteiger partial charge in [0.05, 0.1) is 5.69 Å². The largest absolute Gasteiger partial charge is 0.328 e. The number of hydrogen-bond donors (Lipinski definition) is 1. The molecule has 3 rings (SSSR count). The minimum Gasteiger partial charge on any atom is -0.328 e. The summed E-state index contributed by atoms with van der Waals surface area (Å²) in [7, 11) is 2.00. The Hall–Kier alpha value is -2.40. The molecule has 20 heavy (non-hydrogen) atoms. The van der Waals surface area contributed by atoms with Crippen LogP contribution in [0.5, 0.6) is 0 Å². The van der Waals surface area contributed by atoms with Crippen LogP contribution in [0, 0.1) is 6.92 Å². The molecule has 0 saturated carbocycles. The number of nitrogens with zero attached hydrogens (tertiary/aromatic N) is 4. The number of benzene rings is 1. The molecule has 2 N–H and O–H groups in total. The van der Waals surface area contributed by atoms with Crippen molar-refractivity contribution in [2.75, 3.05) is 11.9 Å². The average molecular weight is 267 g/mol. The standard InChI is InChI=1S/C15H17N5/c1-11-8-14-15(17-6-7-20(14)18-11)19(2)13-5-3-4-12(9-13)10-16/h3-9H,10,16H2,1-2H3. The van der Waals surface area contributed by atoms with Crippen LogP contribution in [-0.4, -0.2) is 21.6 Å². The van der Waals surface area contributed by atoms with Crippen LogP contribution in [0.15, 0.2) is 42.7 Å². The van der Waals surface area contributed by atoms with E-state index >= 15 is 0 Å². The van der Waals surface area contributed by atoms with Crippen molar-refractivity contribution in [3.63, 3.8) is 0 Å². The van der Waals surface area contributed by atoms with Gasteiger partial charge >= 0.3 is 0 Å². The molecule has 0 unspecified atom stereocenters. The van der Waals surface area contributed by atoms with Gasteiger partial charge in [0.2, 0.25) is 0 Å². The van der Waals surface area contributed by atoms with Crippen LogP contribution < -0.4 is 10.6 Å². The van der Waals surface area contributed by atoms with Crippen LogP contribution in [0.25, 0.3) is 5.52 Å². The van der Waals surface area contributed by atoms with Crippen LogP contribution in [0.3, 0.4) is 0 Å². The fraction of sp³-hybridized carbons (Fsp3) is 0.200. The van der Waals surface area contributed by atoms with Crippen LogP contribution in [0.4, 0.5) is 11.5 Å². The summed E-state index contributed by atoms with van der Waals surface area (Å²) in [6, 6.07) is 10.2. The van der Waals surface area contributed by atoms with Gasteiger partial charge in [0.1, 0.15) is 5.52 Å². The minimum absolute atomic E-state index is 0.533. The number of aryl methyl sites for hydroxylation is 1. The highest BCUT2D eigenvalue weighted by atomic mass is 15.3. The molecule has 0 bridgehead atoms. The summed E-state index contributed by atoms with van der Waals surface area (Å²) in [6.45, 7) is 2.51. The van der Waals surface area contributed by atoms with E-state index in [1.54, 1.807) is 6.20 Å². The quantitative estimate of drug-likeness (QED) is 0.790. The first kappa shape index (κ1) is 12.6. The van der Waals surface area contributed by atoms with Crippen LogP contribution in [-0.2, 0) is 6.54 Å². The smallest absolute Gasteiger partial charge is 0.158 e. The van der Waals surface area contributed by atoms with Crippen molar-refractivity contribution in [3.8, 4) is 0 Å². The van der Waals surface area contributed by atoms with Crippen LogP contribution >= 0.6 is 0 Å². The Morgan fingerprint density at radius 1 is 1.30 bits per heavy atom. The van der Waals surface area contributed by atoms with E-state index in [1.807, 2.05) is 48.9 Å². The molecule has 0 fully saturated rings. The maximum absolute atomic E-state index is 5.70. The zero-order chi connectivity index (χ0) is 14.1. The predicted octanol–water partition coefficient (Wildman–Crippen LogP) is 2.26. The number of aromatic nitrogens is 3. The molecule has 5 nitrogen and oxygen atoms in total. The second kappa shape index (κ2) is 4.94. The summed E-state index contributed by atoms with van der Waals surface area (Å²) in [5.41, 5.74) is 9.84. The number of rotatable bonds is 3. The Labute approximate surface area is 117 Å². The summed E-state index contributed by atoms with van der Waals surface area (Å²) < 4.78 is 1.85. The fourth-order valence-electron chi connectivity index (χ4n) is 2.30. The molecule has 0 saturated heterocycles. The molecule has 0 spiro atoms. The van der Waals surface area contributed by atoms with Crippen molar-refractivity contribution >= 4 is 17.0 Å². The monoisotopic (exact) mass is 267 g/mol. The van der Waals surface area contributed by atoms with E-state index in [0.717, 1.165) is 28.3 Å². The van der Waals surface area contributed by atoms with Crippen molar-refractivity contribution in [1.29, 1.82) is 0 Å². The van der Waals surface area contributed by atoms with Gasteiger partial charge < -0.3 is 10.6 Å². The van der Waals surface area contributed by atoms with Crippen LogP contribution in [0.2, 0.25) is 0 Å². The summed E-state index contributed by atoms with van der Waals surface area (Å²) in [5, 5.41) is 4.41. The predicted molar refractivity (Wildman–Crippen MR) is 80.1 cm³/mol. The number of hydrogen-bond acceptors (Lipinski definition) is 4. The van der Waals surface area contributed by atoms with E-state index in [2.05, 4.69) is 21.0 Å². The molecule has 0 atom stereocenters. The van der Waals surface area contributed by atoms with Gasteiger partial charge in [-0.2, -0.15) is 5.10 Å². The van der Waals surface area contributed by atoms with Gasteiger partial charge in [0.25, 0.3) is 0 Å². The first-order valence-corrected chi connectivity index (χ1v) is 6.53. The number of anilines is 2. The highest BCUT2D eigenvalue weighted by Crippen LogP contribution is 2.26. The molecule has 0 aliphatic carbocycles. The maximum Gasteiger partial charge on any atom is 0.158 e. The molecule has 2 aromatic heterocycles. The summed E-state index contributed by atoms with van der Waals surface area (Å²) in [4.78, 5) is 6.54. The zero-order valence-electron chi connectivity index (χ0n) is 11.6. The third-order valence-corrected chi connectivity index (χ3v) is 3.34. The molecular weight excluding hydrogens is 250 g/mol. The average Bonchev–Trinajstić information content (AvgIpc) is 2.86. The van der Waals surface area contributed by atoms with Gasteiger partial charge in [0.15, 0.2) is 5.82 Å². The first-order chi connectivity index (χ1) is 9.69. The van der Waals surface area contributed by atoms with Gasteiger partial charge in [-0.3, -0.25) is 0 Å². The second-order valence-electron chi connectivity index (χ2n) is 4.80. The van der Waals surface area contributed by atoms with E-state index in [1.165, 1.54) is 0 Å².